The average Bonchev–Trinajstić information content (AvgIpc) is 3.22. The summed E-state index contributed by atoms with van der Waals surface area (Å²) in [5, 5.41) is 1.82. The minimum atomic E-state index is -0.421. The van der Waals surface area contributed by atoms with Gasteiger partial charge in [0.25, 0.3) is 0 Å². The lowest BCUT2D eigenvalue weighted by atomic mass is 10.1. The third-order valence-corrected chi connectivity index (χ3v) is 4.60. The molecule has 2 aromatic carbocycles. The smallest absolute Gasteiger partial charge is 0.353 e. The summed E-state index contributed by atoms with van der Waals surface area (Å²) in [5.41, 5.74) is 2.16. The maximum absolute atomic E-state index is 12.1. The second-order valence-corrected chi connectivity index (χ2v) is 6.59. The molecule has 0 radical (unpaired) electrons. The quantitative estimate of drug-likeness (QED) is 0.264. The van der Waals surface area contributed by atoms with Gasteiger partial charge in [-0.05, 0) is 66.4 Å². The number of rotatable bonds is 6. The maximum Gasteiger partial charge on any atom is 0.353 e. The van der Waals surface area contributed by atoms with Gasteiger partial charge >= 0.3 is 5.97 Å². The fourth-order valence-corrected chi connectivity index (χ4v) is 2.92. The van der Waals surface area contributed by atoms with Crippen LogP contribution in [0.5, 0.6) is 11.5 Å². The van der Waals surface area contributed by atoms with Crippen molar-refractivity contribution < 1.29 is 19.1 Å². The molecule has 1 aromatic heterocycles. The Morgan fingerprint density at radius 3 is 2.44 bits per heavy atom. The Hall–Kier alpha value is -3.25. The van der Waals surface area contributed by atoms with E-state index in [0.717, 1.165) is 11.3 Å². The third kappa shape index (κ3) is 4.68. The van der Waals surface area contributed by atoms with Crippen molar-refractivity contribution in [2.75, 3.05) is 7.11 Å². The van der Waals surface area contributed by atoms with E-state index in [1.807, 2.05) is 5.38 Å². The van der Waals surface area contributed by atoms with Crippen molar-refractivity contribution in [1.82, 2.24) is 0 Å². The summed E-state index contributed by atoms with van der Waals surface area (Å²) in [6, 6.07) is 15.7. The molecule has 136 valence electrons. The second kappa shape index (κ2) is 8.42. The van der Waals surface area contributed by atoms with E-state index in [1.165, 1.54) is 25.4 Å². The Morgan fingerprint density at radius 2 is 1.81 bits per heavy atom. The number of benzene rings is 2. The summed E-state index contributed by atoms with van der Waals surface area (Å²) in [7, 11) is 1.51. The number of esters is 1. The minimum absolute atomic E-state index is 0.0166. The van der Waals surface area contributed by atoms with Crippen LogP contribution in [-0.2, 0) is 0 Å². The zero-order chi connectivity index (χ0) is 19.2. The largest absolute Gasteiger partial charge is 0.493 e. The van der Waals surface area contributed by atoms with Crippen molar-refractivity contribution in [3.05, 3.63) is 76.0 Å². The third-order valence-electron chi connectivity index (χ3n) is 3.75. The molecule has 1 heterocycles. The molecule has 0 N–H and O–H groups in total. The molecule has 3 rings (SSSR count). The second-order valence-electron chi connectivity index (χ2n) is 5.64. The number of ketones is 1. The molecule has 27 heavy (non-hydrogen) atoms. The summed E-state index contributed by atoms with van der Waals surface area (Å²) in [5.74, 6) is 0.382. The Labute approximate surface area is 160 Å². The summed E-state index contributed by atoms with van der Waals surface area (Å²) < 4.78 is 10.7. The van der Waals surface area contributed by atoms with Crippen LogP contribution in [0.2, 0.25) is 0 Å². The van der Waals surface area contributed by atoms with Gasteiger partial charge in [0.15, 0.2) is 17.3 Å². The van der Waals surface area contributed by atoms with Crippen LogP contribution in [0.25, 0.3) is 0 Å². The predicted molar refractivity (Wildman–Crippen MR) is 106 cm³/mol. The number of carbonyl (C=O) groups is 2. The van der Waals surface area contributed by atoms with Gasteiger partial charge in [0.1, 0.15) is 4.88 Å². The highest BCUT2D eigenvalue weighted by atomic mass is 32.1. The first-order chi connectivity index (χ1) is 13.1. The van der Waals surface area contributed by atoms with Gasteiger partial charge in [0.05, 0.1) is 12.8 Å². The van der Waals surface area contributed by atoms with Crippen molar-refractivity contribution in [1.29, 1.82) is 0 Å². The molecule has 0 saturated heterocycles. The van der Waals surface area contributed by atoms with Crippen LogP contribution in [0.1, 0.15) is 32.5 Å². The van der Waals surface area contributed by atoms with E-state index in [1.54, 1.807) is 60.8 Å². The van der Waals surface area contributed by atoms with Crippen molar-refractivity contribution in [3.8, 4) is 11.5 Å². The Kier molecular flexibility index (Phi) is 5.78. The Morgan fingerprint density at radius 1 is 1.04 bits per heavy atom. The van der Waals surface area contributed by atoms with Crippen LogP contribution in [0, 0.1) is 0 Å². The van der Waals surface area contributed by atoms with Gasteiger partial charge in [-0.2, -0.15) is 0 Å². The zero-order valence-corrected chi connectivity index (χ0v) is 15.7. The van der Waals surface area contributed by atoms with Gasteiger partial charge in [-0.15, -0.1) is 11.3 Å². The number of hydrogen-bond donors (Lipinski definition) is 0. The van der Waals surface area contributed by atoms with Crippen molar-refractivity contribution >= 4 is 35.0 Å². The van der Waals surface area contributed by atoms with Gasteiger partial charge in [-0.25, -0.2) is 4.79 Å². The highest BCUT2D eigenvalue weighted by Gasteiger charge is 2.13. The summed E-state index contributed by atoms with van der Waals surface area (Å²) >= 11 is 1.32. The molecule has 0 unspecified atom stereocenters. The van der Waals surface area contributed by atoms with E-state index < -0.39 is 5.97 Å². The van der Waals surface area contributed by atoms with Crippen molar-refractivity contribution in [3.63, 3.8) is 0 Å². The monoisotopic (exact) mass is 379 g/mol. The molecule has 0 aliphatic heterocycles. The summed E-state index contributed by atoms with van der Waals surface area (Å²) in [4.78, 5) is 28.3. The van der Waals surface area contributed by atoms with Crippen LogP contribution in [-0.4, -0.2) is 25.1 Å². The number of thiophene rings is 1. The lowest BCUT2D eigenvalue weighted by Gasteiger charge is -2.09. The predicted octanol–water partition coefficient (Wildman–Crippen LogP) is 4.93. The lowest BCUT2D eigenvalue weighted by molar-refractivity contribution is 0.0734. The van der Waals surface area contributed by atoms with Crippen LogP contribution in [0.4, 0.5) is 5.69 Å². The Bertz CT molecular complexity index is 976. The Balaban J connectivity index is 1.75. The number of methoxy groups -OCH3 is 1. The number of ether oxygens (including phenoxy) is 2. The standard InChI is InChI=1S/C21H17NO4S/c1-14(23)16-6-8-17(9-7-16)22-13-15-5-10-18(19(12-15)25-2)26-21(24)20-4-3-11-27-20/h3-13H,1-2H3. The van der Waals surface area contributed by atoms with Crippen molar-refractivity contribution in [2.24, 2.45) is 4.99 Å². The number of carbonyl (C=O) groups excluding carboxylic acids is 2. The highest BCUT2D eigenvalue weighted by molar-refractivity contribution is 7.12. The molecule has 5 nitrogen and oxygen atoms in total. The van der Waals surface area contributed by atoms with E-state index in [9.17, 15) is 9.59 Å². The molecule has 0 aliphatic rings. The van der Waals surface area contributed by atoms with Crippen molar-refractivity contribution in [2.45, 2.75) is 6.92 Å². The van der Waals surface area contributed by atoms with Crippen LogP contribution >= 0.6 is 11.3 Å². The number of hydrogen-bond acceptors (Lipinski definition) is 6. The molecule has 0 fully saturated rings. The normalized spacial score (nSPS) is 10.7. The van der Waals surface area contributed by atoms with Gasteiger partial charge < -0.3 is 9.47 Å². The van der Waals surface area contributed by atoms with E-state index >= 15 is 0 Å². The maximum atomic E-state index is 12.1. The first-order valence-electron chi connectivity index (χ1n) is 8.15. The minimum Gasteiger partial charge on any atom is -0.493 e. The van der Waals surface area contributed by atoms with Gasteiger partial charge in [0, 0.05) is 11.8 Å². The molecule has 0 saturated carbocycles. The molecular formula is C21H17NO4S. The van der Waals surface area contributed by atoms with E-state index in [2.05, 4.69) is 4.99 Å². The van der Waals surface area contributed by atoms with Crippen LogP contribution in [0.15, 0.2) is 65.0 Å². The molecule has 3 aromatic rings. The fourth-order valence-electron chi connectivity index (χ4n) is 2.32. The molecule has 6 heteroatoms. The molecule has 0 atom stereocenters. The van der Waals surface area contributed by atoms with Crippen LogP contribution in [0.3, 0.4) is 0 Å². The lowest BCUT2D eigenvalue weighted by Crippen LogP contribution is -2.07. The highest BCUT2D eigenvalue weighted by Crippen LogP contribution is 2.29. The number of nitrogens with zero attached hydrogens (tertiary/aromatic N) is 1. The molecule has 0 aliphatic carbocycles. The van der Waals surface area contributed by atoms with E-state index in [0.29, 0.717) is 21.9 Å². The van der Waals surface area contributed by atoms with Gasteiger partial charge in [-0.1, -0.05) is 6.07 Å². The summed E-state index contributed by atoms with van der Waals surface area (Å²) in [6.45, 7) is 1.53. The molecule has 0 bridgehead atoms. The van der Waals surface area contributed by atoms with Gasteiger partial charge in [0.2, 0.25) is 0 Å². The average molecular weight is 379 g/mol. The fraction of sp³-hybridized carbons (Fsp3) is 0.0952. The van der Waals surface area contributed by atoms with E-state index in [-0.39, 0.29) is 5.78 Å². The molecule has 0 spiro atoms. The molecule has 0 amide bonds. The van der Waals surface area contributed by atoms with Gasteiger partial charge in [-0.3, -0.25) is 9.79 Å². The topological polar surface area (TPSA) is 65.0 Å². The SMILES string of the molecule is COc1cc(C=Nc2ccc(C(C)=O)cc2)ccc1OC(=O)c1cccs1. The zero-order valence-electron chi connectivity index (χ0n) is 14.8. The number of Topliss-reactive ketones (excluding diaryl/α,β-unsaturated/α-hetero) is 1. The number of aliphatic imine (C=N–C) groups is 1. The molecular weight excluding hydrogens is 362 g/mol. The first kappa shape index (κ1) is 18.5. The first-order valence-corrected chi connectivity index (χ1v) is 9.03. The summed E-state index contributed by atoms with van der Waals surface area (Å²) in [6.07, 6.45) is 1.68. The van der Waals surface area contributed by atoms with Crippen LogP contribution < -0.4 is 9.47 Å². The van der Waals surface area contributed by atoms with E-state index in [4.69, 9.17) is 9.47 Å².